The van der Waals surface area contributed by atoms with Crippen LogP contribution in [0, 0.1) is 5.82 Å². The zero-order valence-electron chi connectivity index (χ0n) is 15.0. The molecular weight excluding hydrogens is 349 g/mol. The highest BCUT2D eigenvalue weighted by Crippen LogP contribution is 2.37. The van der Waals surface area contributed by atoms with E-state index in [9.17, 15) is 4.39 Å². The summed E-state index contributed by atoms with van der Waals surface area (Å²) in [6, 6.07) is 7.97. The molecule has 3 N–H and O–H groups in total. The number of hydrogen-bond donors (Lipinski definition) is 2. The Balaban J connectivity index is 0.00000117. The van der Waals surface area contributed by atoms with Crippen LogP contribution < -0.4 is 15.8 Å². The highest BCUT2D eigenvalue weighted by Gasteiger charge is 2.12. The van der Waals surface area contributed by atoms with E-state index in [0.29, 0.717) is 11.4 Å². The van der Waals surface area contributed by atoms with Crippen molar-refractivity contribution in [2.45, 2.75) is 20.8 Å². The largest absolute Gasteiger partial charge is 0.453 e. The molecule has 0 amide bonds. The molecule has 0 radical (unpaired) electrons. The van der Waals surface area contributed by atoms with E-state index in [1.807, 2.05) is 32.9 Å². The third-order valence-electron chi connectivity index (χ3n) is 3.27. The number of rotatable bonds is 5. The van der Waals surface area contributed by atoms with E-state index in [2.05, 4.69) is 16.9 Å². The summed E-state index contributed by atoms with van der Waals surface area (Å²) in [5.41, 5.74) is 7.45. The Morgan fingerprint density at radius 3 is 2.73 bits per heavy atom. The van der Waals surface area contributed by atoms with Gasteiger partial charge in [0.2, 0.25) is 0 Å². The number of nitrogens with two attached hydrogens (primary N) is 1. The van der Waals surface area contributed by atoms with Crippen molar-refractivity contribution in [2.24, 2.45) is 0 Å². The summed E-state index contributed by atoms with van der Waals surface area (Å²) >= 11 is 1.48. The number of nitrogens with zero attached hydrogens (tertiary/aromatic N) is 1. The van der Waals surface area contributed by atoms with Crippen LogP contribution in [0.3, 0.4) is 0 Å². The lowest BCUT2D eigenvalue weighted by Crippen LogP contribution is -1.99. The molecule has 2 heterocycles. The fourth-order valence-corrected chi connectivity index (χ4v) is 3.12. The van der Waals surface area contributed by atoms with Gasteiger partial charge in [-0.1, -0.05) is 26.5 Å². The fourth-order valence-electron chi connectivity index (χ4n) is 2.12. The molecule has 4 nitrogen and oxygen atoms in total. The van der Waals surface area contributed by atoms with Crippen LogP contribution in [0.15, 0.2) is 55.4 Å². The van der Waals surface area contributed by atoms with Crippen molar-refractivity contribution < 1.29 is 9.13 Å². The molecule has 6 heteroatoms. The number of thiophene rings is 1. The van der Waals surface area contributed by atoms with Crippen molar-refractivity contribution in [3.63, 3.8) is 0 Å². The molecule has 0 unspecified atom stereocenters. The van der Waals surface area contributed by atoms with Crippen molar-refractivity contribution in [2.75, 3.05) is 5.73 Å². The van der Waals surface area contributed by atoms with Crippen molar-refractivity contribution in [3.8, 4) is 11.5 Å². The molecular formula is C20H22FN3OS. The highest BCUT2D eigenvalue weighted by molar-refractivity contribution is 7.20. The van der Waals surface area contributed by atoms with E-state index in [1.165, 1.54) is 23.5 Å². The number of aromatic nitrogens is 1. The number of hydrogen-bond acceptors (Lipinski definition) is 5. The van der Waals surface area contributed by atoms with E-state index < -0.39 is 5.82 Å². The van der Waals surface area contributed by atoms with E-state index in [4.69, 9.17) is 10.5 Å². The Labute approximate surface area is 156 Å². The Morgan fingerprint density at radius 1 is 1.27 bits per heavy atom. The second-order valence-corrected chi connectivity index (χ2v) is 6.10. The summed E-state index contributed by atoms with van der Waals surface area (Å²) in [7, 11) is 0. The Hall–Kier alpha value is -2.86. The zero-order chi connectivity index (χ0) is 19.1. The molecule has 3 rings (SSSR count). The van der Waals surface area contributed by atoms with Crippen LogP contribution in [-0.4, -0.2) is 4.98 Å². The van der Waals surface area contributed by atoms with Crippen molar-refractivity contribution in [3.05, 3.63) is 66.1 Å². The summed E-state index contributed by atoms with van der Waals surface area (Å²) in [5.74, 6) is 0.159. The number of nitrogen functional groups attached to an aromatic ring is 1. The molecule has 0 saturated heterocycles. The maximum atomic E-state index is 14.0. The molecule has 136 valence electrons. The molecule has 0 atom stereocenters. The number of ether oxygens (including phenoxy) is 1. The van der Waals surface area contributed by atoms with Crippen LogP contribution in [0.5, 0.6) is 11.5 Å². The third kappa shape index (κ3) is 4.40. The number of pyridine rings is 1. The van der Waals surface area contributed by atoms with E-state index in [0.717, 1.165) is 20.8 Å². The minimum atomic E-state index is -0.504. The quantitative estimate of drug-likeness (QED) is 0.546. The van der Waals surface area contributed by atoms with Crippen LogP contribution >= 0.6 is 11.3 Å². The van der Waals surface area contributed by atoms with Gasteiger partial charge < -0.3 is 15.8 Å². The van der Waals surface area contributed by atoms with Gasteiger partial charge in [-0.2, -0.15) is 0 Å². The number of anilines is 1. The van der Waals surface area contributed by atoms with Crippen molar-refractivity contribution in [1.82, 2.24) is 10.3 Å². The van der Waals surface area contributed by atoms with Crippen LogP contribution in [0.4, 0.5) is 10.1 Å². The van der Waals surface area contributed by atoms with Gasteiger partial charge in [0.25, 0.3) is 0 Å². The molecule has 1 aromatic carbocycles. The number of fused-ring (bicyclic) bond motifs is 1. The van der Waals surface area contributed by atoms with Gasteiger partial charge in [-0.05, 0) is 31.3 Å². The SMILES string of the molecule is C=C(N/C=C\C)c1cc2nccc(Oc3ccc(N)cc3F)c2s1.CC. The van der Waals surface area contributed by atoms with Gasteiger partial charge in [0.1, 0.15) is 5.75 Å². The molecule has 0 aliphatic heterocycles. The first-order valence-corrected chi connectivity index (χ1v) is 9.08. The maximum absolute atomic E-state index is 14.0. The lowest BCUT2D eigenvalue weighted by molar-refractivity contribution is 0.447. The molecule has 0 fully saturated rings. The average molecular weight is 371 g/mol. The Kier molecular flexibility index (Phi) is 6.74. The molecule has 0 aliphatic rings. The van der Waals surface area contributed by atoms with Crippen LogP contribution in [0.2, 0.25) is 0 Å². The predicted molar refractivity (Wildman–Crippen MR) is 109 cm³/mol. The summed E-state index contributed by atoms with van der Waals surface area (Å²) in [5, 5.41) is 3.09. The van der Waals surface area contributed by atoms with Gasteiger partial charge in [-0.25, -0.2) is 4.39 Å². The fraction of sp³-hybridized carbons (Fsp3) is 0.150. The van der Waals surface area contributed by atoms with E-state index in [1.54, 1.807) is 24.5 Å². The summed E-state index contributed by atoms with van der Waals surface area (Å²) in [4.78, 5) is 5.27. The first kappa shape index (κ1) is 19.5. The number of allylic oxidation sites excluding steroid dienone is 1. The molecule has 3 aromatic rings. The van der Waals surface area contributed by atoms with Gasteiger partial charge in [0.15, 0.2) is 11.6 Å². The van der Waals surface area contributed by atoms with Gasteiger partial charge in [0, 0.05) is 29.7 Å². The minimum absolute atomic E-state index is 0.123. The summed E-state index contributed by atoms with van der Waals surface area (Å²) in [6.45, 7) is 9.92. The normalized spacial score (nSPS) is 10.5. The zero-order valence-corrected chi connectivity index (χ0v) is 15.9. The second kappa shape index (κ2) is 9.01. The number of benzene rings is 1. The minimum Gasteiger partial charge on any atom is -0.453 e. The molecule has 0 bridgehead atoms. The lowest BCUT2D eigenvalue weighted by Gasteiger charge is -2.07. The Bertz CT molecular complexity index is 934. The van der Waals surface area contributed by atoms with Crippen LogP contribution in [0.25, 0.3) is 15.9 Å². The highest BCUT2D eigenvalue weighted by atomic mass is 32.1. The van der Waals surface area contributed by atoms with E-state index in [-0.39, 0.29) is 5.75 Å². The van der Waals surface area contributed by atoms with Crippen LogP contribution in [-0.2, 0) is 0 Å². The summed E-state index contributed by atoms with van der Waals surface area (Å²) < 4.78 is 20.5. The lowest BCUT2D eigenvalue weighted by atomic mass is 10.3. The van der Waals surface area contributed by atoms with Gasteiger partial charge in [0.05, 0.1) is 15.1 Å². The van der Waals surface area contributed by atoms with Crippen LogP contribution in [0.1, 0.15) is 25.6 Å². The average Bonchev–Trinajstić information content (AvgIpc) is 3.09. The molecule has 2 aromatic heterocycles. The topological polar surface area (TPSA) is 60.2 Å². The molecule has 0 aliphatic carbocycles. The number of nitrogens with one attached hydrogen (secondary N) is 1. The number of halogens is 1. The second-order valence-electron chi connectivity index (χ2n) is 5.05. The first-order chi connectivity index (χ1) is 12.6. The molecule has 26 heavy (non-hydrogen) atoms. The van der Waals surface area contributed by atoms with Gasteiger partial charge in [-0.15, -0.1) is 11.3 Å². The predicted octanol–water partition coefficient (Wildman–Crippen LogP) is 5.93. The summed E-state index contributed by atoms with van der Waals surface area (Å²) in [6.07, 6.45) is 5.32. The van der Waals surface area contributed by atoms with E-state index >= 15 is 0 Å². The van der Waals surface area contributed by atoms with Gasteiger partial charge >= 0.3 is 0 Å². The first-order valence-electron chi connectivity index (χ1n) is 8.27. The smallest absolute Gasteiger partial charge is 0.167 e. The van der Waals surface area contributed by atoms with Crippen molar-refractivity contribution in [1.29, 1.82) is 0 Å². The van der Waals surface area contributed by atoms with Gasteiger partial charge in [-0.3, -0.25) is 4.98 Å². The maximum Gasteiger partial charge on any atom is 0.167 e. The third-order valence-corrected chi connectivity index (χ3v) is 4.47. The monoisotopic (exact) mass is 371 g/mol. The Morgan fingerprint density at radius 2 is 2.04 bits per heavy atom. The van der Waals surface area contributed by atoms with Crippen molar-refractivity contribution >= 4 is 32.9 Å². The standard InChI is InChI=1S/C18H16FN3OS.C2H6/c1-3-7-21-11(2)17-10-14-18(24-17)16(6-8-22-14)23-15-5-4-12(20)9-13(15)19;1-2/h3-10,21H,2,20H2,1H3;1-2H3/b7-3-;. The molecule has 0 spiro atoms. The molecule has 0 saturated carbocycles.